The molecule has 1 aliphatic heterocycles. The predicted molar refractivity (Wildman–Crippen MR) is 92.0 cm³/mol. The average molecular weight is 329 g/mol. The van der Waals surface area contributed by atoms with Crippen LogP contribution in [-0.2, 0) is 4.79 Å². The largest absolute Gasteiger partial charge is 0.506 e. The van der Waals surface area contributed by atoms with Crippen LogP contribution in [0.3, 0.4) is 0 Å². The minimum absolute atomic E-state index is 0.00471. The second-order valence-electron chi connectivity index (χ2n) is 6.06. The Morgan fingerprint density at radius 3 is 2.62 bits per heavy atom. The lowest BCUT2D eigenvalue weighted by molar-refractivity contribution is -0.123. The van der Waals surface area contributed by atoms with E-state index in [0.717, 1.165) is 37.6 Å². The molecule has 6 nitrogen and oxygen atoms in total. The molecule has 0 unspecified atom stereocenters. The molecular formula is C18H23N3O3. The molecule has 1 saturated heterocycles. The number of phenolic OH excluding ortho intramolecular Hbond substituents is 1. The first kappa shape index (κ1) is 16.4. The number of piperazine rings is 1. The normalized spacial score (nSPS) is 16.8. The van der Waals surface area contributed by atoms with Crippen LogP contribution in [0.15, 0.2) is 47.1 Å². The number of aromatic hydroxyl groups is 1. The van der Waals surface area contributed by atoms with E-state index in [9.17, 15) is 9.90 Å². The fourth-order valence-corrected chi connectivity index (χ4v) is 2.98. The number of phenols is 1. The van der Waals surface area contributed by atoms with Gasteiger partial charge < -0.3 is 19.7 Å². The Balaban J connectivity index is 1.47. The molecule has 128 valence electrons. The zero-order valence-corrected chi connectivity index (χ0v) is 13.8. The first-order valence-corrected chi connectivity index (χ1v) is 8.21. The molecule has 6 heteroatoms. The number of nitrogens with one attached hydrogen (secondary N) is 1. The molecule has 0 aliphatic carbocycles. The van der Waals surface area contributed by atoms with E-state index < -0.39 is 0 Å². The van der Waals surface area contributed by atoms with Gasteiger partial charge in [0.1, 0.15) is 11.5 Å². The molecule has 1 amide bonds. The lowest BCUT2D eigenvalue weighted by atomic mass is 10.2. The van der Waals surface area contributed by atoms with Crippen molar-refractivity contribution in [1.82, 2.24) is 10.2 Å². The van der Waals surface area contributed by atoms with Crippen LogP contribution in [0.1, 0.15) is 18.7 Å². The van der Waals surface area contributed by atoms with Gasteiger partial charge in [-0.25, -0.2) is 0 Å². The standard InChI is InChI=1S/C18H23N3O3/c1-14(17-7-4-12-24-17)19-18(23)13-20-8-10-21(11-9-20)15-5-2-3-6-16(15)22/h2-7,12,14,22H,8-11,13H2,1H3,(H,19,23)/t14-/m0/s1. The van der Waals surface area contributed by atoms with Crippen LogP contribution in [-0.4, -0.2) is 48.6 Å². The summed E-state index contributed by atoms with van der Waals surface area (Å²) in [5, 5.41) is 12.9. The van der Waals surface area contributed by atoms with Crippen LogP contribution in [0.2, 0.25) is 0 Å². The van der Waals surface area contributed by atoms with E-state index in [1.165, 1.54) is 0 Å². The predicted octanol–water partition coefficient (Wildman–Crippen LogP) is 1.98. The summed E-state index contributed by atoms with van der Waals surface area (Å²) in [5.74, 6) is 1.05. The van der Waals surface area contributed by atoms with Gasteiger partial charge in [0.15, 0.2) is 0 Å². The highest BCUT2D eigenvalue weighted by atomic mass is 16.3. The van der Waals surface area contributed by atoms with Gasteiger partial charge in [0, 0.05) is 26.2 Å². The summed E-state index contributed by atoms with van der Waals surface area (Å²) in [4.78, 5) is 16.4. The maximum atomic E-state index is 12.2. The minimum Gasteiger partial charge on any atom is -0.506 e. The summed E-state index contributed by atoms with van der Waals surface area (Å²) >= 11 is 0. The van der Waals surface area contributed by atoms with E-state index in [1.807, 2.05) is 37.3 Å². The second-order valence-corrected chi connectivity index (χ2v) is 6.06. The van der Waals surface area contributed by atoms with Crippen molar-refractivity contribution in [2.45, 2.75) is 13.0 Å². The number of amides is 1. The third kappa shape index (κ3) is 3.89. The Kier molecular flexibility index (Phi) is 5.05. The molecule has 2 heterocycles. The second kappa shape index (κ2) is 7.40. The number of rotatable bonds is 5. The fraction of sp³-hybridized carbons (Fsp3) is 0.389. The molecule has 3 rings (SSSR count). The minimum atomic E-state index is -0.130. The summed E-state index contributed by atoms with van der Waals surface area (Å²) in [7, 11) is 0. The number of para-hydroxylation sites is 2. The van der Waals surface area contributed by atoms with Crippen molar-refractivity contribution >= 4 is 11.6 Å². The molecule has 1 aliphatic rings. The van der Waals surface area contributed by atoms with E-state index in [0.29, 0.717) is 12.3 Å². The van der Waals surface area contributed by atoms with Gasteiger partial charge in [-0.05, 0) is 31.2 Å². The van der Waals surface area contributed by atoms with Gasteiger partial charge in [-0.15, -0.1) is 0 Å². The van der Waals surface area contributed by atoms with Gasteiger partial charge in [-0.2, -0.15) is 0 Å². The first-order valence-electron chi connectivity index (χ1n) is 8.21. The van der Waals surface area contributed by atoms with Crippen molar-refractivity contribution in [3.05, 3.63) is 48.4 Å². The molecule has 1 fully saturated rings. The fourth-order valence-electron chi connectivity index (χ4n) is 2.98. The monoisotopic (exact) mass is 329 g/mol. The van der Waals surface area contributed by atoms with Crippen LogP contribution in [0.25, 0.3) is 0 Å². The molecule has 0 bridgehead atoms. The van der Waals surface area contributed by atoms with Gasteiger partial charge in [0.2, 0.25) is 5.91 Å². The topological polar surface area (TPSA) is 69.0 Å². The third-order valence-corrected chi connectivity index (χ3v) is 4.31. The van der Waals surface area contributed by atoms with Crippen molar-refractivity contribution in [1.29, 1.82) is 0 Å². The SMILES string of the molecule is C[C@H](NC(=O)CN1CCN(c2ccccc2O)CC1)c1ccco1. The van der Waals surface area contributed by atoms with Crippen molar-refractivity contribution in [3.8, 4) is 5.75 Å². The van der Waals surface area contributed by atoms with Gasteiger partial charge in [0.05, 0.1) is 24.5 Å². The zero-order valence-electron chi connectivity index (χ0n) is 13.8. The Morgan fingerprint density at radius 1 is 1.21 bits per heavy atom. The van der Waals surface area contributed by atoms with Crippen molar-refractivity contribution in [3.63, 3.8) is 0 Å². The third-order valence-electron chi connectivity index (χ3n) is 4.31. The quantitative estimate of drug-likeness (QED) is 0.878. The number of nitrogens with zero attached hydrogens (tertiary/aromatic N) is 2. The van der Waals surface area contributed by atoms with E-state index >= 15 is 0 Å². The Bertz CT molecular complexity index is 664. The smallest absolute Gasteiger partial charge is 0.234 e. The summed E-state index contributed by atoms with van der Waals surface area (Å²) in [6.45, 7) is 5.44. The number of benzene rings is 1. The molecule has 1 atom stereocenters. The van der Waals surface area contributed by atoms with Crippen molar-refractivity contribution in [2.24, 2.45) is 0 Å². The molecule has 0 saturated carbocycles. The molecule has 0 radical (unpaired) electrons. The van der Waals surface area contributed by atoms with Gasteiger partial charge in [-0.3, -0.25) is 9.69 Å². The highest BCUT2D eigenvalue weighted by Gasteiger charge is 2.21. The Hall–Kier alpha value is -2.47. The number of anilines is 1. The molecule has 2 aromatic rings. The van der Waals surface area contributed by atoms with E-state index in [4.69, 9.17) is 4.42 Å². The van der Waals surface area contributed by atoms with Crippen LogP contribution >= 0.6 is 0 Å². The number of hydrogen-bond donors (Lipinski definition) is 2. The highest BCUT2D eigenvalue weighted by molar-refractivity contribution is 5.78. The lowest BCUT2D eigenvalue weighted by Gasteiger charge is -2.36. The van der Waals surface area contributed by atoms with Gasteiger partial charge >= 0.3 is 0 Å². The summed E-state index contributed by atoms with van der Waals surface area (Å²) < 4.78 is 5.30. The molecule has 0 spiro atoms. The van der Waals surface area contributed by atoms with Crippen LogP contribution in [0.5, 0.6) is 5.75 Å². The maximum Gasteiger partial charge on any atom is 0.234 e. The number of carbonyl (C=O) groups is 1. The van der Waals surface area contributed by atoms with E-state index in [2.05, 4.69) is 15.1 Å². The lowest BCUT2D eigenvalue weighted by Crippen LogP contribution is -2.49. The van der Waals surface area contributed by atoms with Gasteiger partial charge in [-0.1, -0.05) is 12.1 Å². The Morgan fingerprint density at radius 2 is 1.96 bits per heavy atom. The first-order chi connectivity index (χ1) is 11.6. The van der Waals surface area contributed by atoms with E-state index in [-0.39, 0.29) is 11.9 Å². The zero-order chi connectivity index (χ0) is 16.9. The van der Waals surface area contributed by atoms with Crippen LogP contribution in [0.4, 0.5) is 5.69 Å². The van der Waals surface area contributed by atoms with Crippen LogP contribution in [0, 0.1) is 0 Å². The average Bonchev–Trinajstić information content (AvgIpc) is 3.11. The Labute approximate surface area is 141 Å². The number of furan rings is 1. The number of hydrogen-bond acceptors (Lipinski definition) is 5. The van der Waals surface area contributed by atoms with Crippen LogP contribution < -0.4 is 10.2 Å². The molecule has 2 N–H and O–H groups in total. The molecule has 1 aromatic carbocycles. The number of carbonyl (C=O) groups excluding carboxylic acids is 1. The summed E-state index contributed by atoms with van der Waals surface area (Å²) in [6, 6.07) is 10.9. The molecular weight excluding hydrogens is 306 g/mol. The van der Waals surface area contributed by atoms with E-state index in [1.54, 1.807) is 12.3 Å². The van der Waals surface area contributed by atoms with Crippen molar-refractivity contribution in [2.75, 3.05) is 37.6 Å². The highest BCUT2D eigenvalue weighted by Crippen LogP contribution is 2.27. The summed E-state index contributed by atoms with van der Waals surface area (Å²) in [6.07, 6.45) is 1.61. The summed E-state index contributed by atoms with van der Waals surface area (Å²) in [5.41, 5.74) is 0.855. The molecule has 24 heavy (non-hydrogen) atoms. The van der Waals surface area contributed by atoms with Gasteiger partial charge in [0.25, 0.3) is 0 Å². The molecule has 1 aromatic heterocycles. The maximum absolute atomic E-state index is 12.2. The van der Waals surface area contributed by atoms with Crippen molar-refractivity contribution < 1.29 is 14.3 Å².